The average molecular weight is 164 g/mol. The largest absolute Gasteiger partial charge is 0.223 e. The van der Waals surface area contributed by atoms with E-state index in [1.54, 1.807) is 0 Å². The van der Waals surface area contributed by atoms with Crippen LogP contribution in [0, 0.1) is 5.92 Å². The van der Waals surface area contributed by atoms with Gasteiger partial charge in [0.1, 0.15) is 5.04 Å². The summed E-state index contributed by atoms with van der Waals surface area (Å²) in [6, 6.07) is 0. The highest BCUT2D eigenvalue weighted by molar-refractivity contribution is 8.75. The lowest BCUT2D eigenvalue weighted by Crippen LogP contribution is -1.98. The van der Waals surface area contributed by atoms with Gasteiger partial charge in [-0.3, -0.25) is 0 Å². The van der Waals surface area contributed by atoms with Crippen LogP contribution in [0.1, 0.15) is 13.8 Å². The van der Waals surface area contributed by atoms with Gasteiger partial charge in [0.2, 0.25) is 10.0 Å². The normalized spacial score (nSPS) is 26.1. The Balaban J connectivity index is 2.55. The van der Waals surface area contributed by atoms with Crippen LogP contribution in [0.15, 0.2) is 5.10 Å². The molecule has 1 atom stereocenters. The summed E-state index contributed by atoms with van der Waals surface area (Å²) in [7, 11) is 0.274. The van der Waals surface area contributed by atoms with Crippen LogP contribution in [0.25, 0.3) is 0 Å². The van der Waals surface area contributed by atoms with E-state index in [-0.39, 0.29) is 0 Å². The van der Waals surface area contributed by atoms with E-state index in [0.29, 0.717) is 5.92 Å². The quantitative estimate of drug-likeness (QED) is 0.584. The molecule has 1 unspecified atom stereocenters. The van der Waals surface area contributed by atoms with Crippen molar-refractivity contribution in [3.8, 4) is 0 Å². The third kappa shape index (κ3) is 1.69. The van der Waals surface area contributed by atoms with Crippen LogP contribution in [-0.4, -0.2) is 9.25 Å². The van der Waals surface area contributed by atoms with Crippen LogP contribution in [0.5, 0.6) is 0 Å². The van der Waals surface area contributed by atoms with Crippen LogP contribution in [0.4, 0.5) is 0 Å². The number of hydrogen-bond acceptors (Lipinski definition) is 3. The summed E-state index contributed by atoms with van der Waals surface area (Å²) < 4.78 is 10.6. The molecule has 1 aliphatic rings. The summed E-state index contributed by atoms with van der Waals surface area (Å²) in [6.07, 6.45) is 0. The van der Waals surface area contributed by atoms with Crippen molar-refractivity contribution in [2.75, 3.05) is 0 Å². The van der Waals surface area contributed by atoms with Gasteiger partial charge in [-0.05, 0) is 0 Å². The van der Waals surface area contributed by atoms with Crippen LogP contribution in [-0.2, 0) is 10.0 Å². The Hall–Kier alpha value is -0.0300. The molecule has 3 nitrogen and oxygen atoms in total. The average Bonchev–Trinajstić information content (AvgIpc) is 2.14. The van der Waals surface area contributed by atoms with Gasteiger partial charge < -0.3 is 0 Å². The second-order valence-electron chi connectivity index (χ2n) is 2.01. The van der Waals surface area contributed by atoms with Crippen molar-refractivity contribution in [2.45, 2.75) is 13.8 Å². The molecule has 0 spiro atoms. The highest BCUT2D eigenvalue weighted by Gasteiger charge is 2.16. The van der Waals surface area contributed by atoms with Gasteiger partial charge in [0.15, 0.2) is 0 Å². The first-order valence-electron chi connectivity index (χ1n) is 2.63. The van der Waals surface area contributed by atoms with Crippen molar-refractivity contribution in [3.05, 3.63) is 0 Å². The Morgan fingerprint density at radius 1 is 1.78 bits per heavy atom. The fourth-order valence-corrected chi connectivity index (χ4v) is 2.50. The smallest absolute Gasteiger partial charge is 0.201 e. The van der Waals surface area contributed by atoms with Crippen molar-refractivity contribution >= 4 is 25.9 Å². The zero-order valence-electron chi connectivity index (χ0n) is 5.25. The third-order valence-corrected chi connectivity index (χ3v) is 3.20. The second-order valence-corrected chi connectivity index (χ2v) is 4.66. The SMILES string of the molecule is CC(C)C1=NNS(=O)S1. The lowest BCUT2D eigenvalue weighted by molar-refractivity contribution is 0.685. The topological polar surface area (TPSA) is 41.5 Å². The van der Waals surface area contributed by atoms with Crippen molar-refractivity contribution in [3.63, 3.8) is 0 Å². The molecule has 1 aliphatic heterocycles. The number of hydrazone groups is 1. The fraction of sp³-hybridized carbons (Fsp3) is 0.750. The minimum absolute atomic E-state index is 0.383. The summed E-state index contributed by atoms with van der Waals surface area (Å²) in [5.41, 5.74) is 0. The van der Waals surface area contributed by atoms with E-state index in [4.69, 9.17) is 0 Å². The molecule has 0 aromatic heterocycles. The van der Waals surface area contributed by atoms with Crippen molar-refractivity contribution < 1.29 is 4.21 Å². The molecule has 5 heteroatoms. The van der Waals surface area contributed by atoms with E-state index < -0.39 is 10.0 Å². The molecule has 1 N–H and O–H groups in total. The van der Waals surface area contributed by atoms with Crippen LogP contribution < -0.4 is 4.83 Å². The Labute approximate surface area is 60.3 Å². The molecule has 0 aliphatic carbocycles. The number of nitrogens with one attached hydrogen (secondary N) is 1. The molecule has 0 amide bonds. The number of rotatable bonds is 1. The molecule has 52 valence electrons. The second kappa shape index (κ2) is 2.70. The number of nitrogens with zero attached hydrogens (tertiary/aromatic N) is 1. The van der Waals surface area contributed by atoms with Crippen molar-refractivity contribution in [1.29, 1.82) is 0 Å². The standard InChI is InChI=1S/C4H8N2OS2/c1-3(2)4-5-6-9(7)8-4/h3,6H,1-2H3. The van der Waals surface area contributed by atoms with Crippen LogP contribution in [0.3, 0.4) is 0 Å². The Bertz CT molecular complexity index is 166. The molecule has 0 bridgehead atoms. The molecule has 0 saturated heterocycles. The maximum absolute atomic E-state index is 10.6. The molecule has 1 rings (SSSR count). The van der Waals surface area contributed by atoms with E-state index in [9.17, 15) is 4.21 Å². The van der Waals surface area contributed by atoms with Gasteiger partial charge in [-0.25, -0.2) is 9.04 Å². The predicted molar refractivity (Wildman–Crippen MR) is 41.1 cm³/mol. The van der Waals surface area contributed by atoms with E-state index >= 15 is 0 Å². The maximum Gasteiger partial charge on any atom is 0.201 e. The first kappa shape index (κ1) is 7.08. The van der Waals surface area contributed by atoms with Gasteiger partial charge >= 0.3 is 0 Å². The molecule has 0 radical (unpaired) electrons. The van der Waals surface area contributed by atoms with Gasteiger partial charge in [0.25, 0.3) is 0 Å². The van der Waals surface area contributed by atoms with Gasteiger partial charge in [0.05, 0.1) is 0 Å². The predicted octanol–water partition coefficient (Wildman–Crippen LogP) is 0.871. The first-order valence-corrected chi connectivity index (χ1v) is 5.12. The Morgan fingerprint density at radius 2 is 2.44 bits per heavy atom. The van der Waals surface area contributed by atoms with Crippen molar-refractivity contribution in [1.82, 2.24) is 4.83 Å². The summed E-state index contributed by atoms with van der Waals surface area (Å²) in [5, 5.41) is 4.77. The third-order valence-electron chi connectivity index (χ3n) is 0.885. The zero-order valence-corrected chi connectivity index (χ0v) is 6.88. The molecule has 0 aromatic carbocycles. The monoisotopic (exact) mass is 164 g/mol. The molecule has 1 heterocycles. The summed E-state index contributed by atoms with van der Waals surface area (Å²) in [4.78, 5) is 2.47. The first-order chi connectivity index (χ1) is 4.20. The maximum atomic E-state index is 10.6. The minimum Gasteiger partial charge on any atom is -0.223 e. The van der Waals surface area contributed by atoms with E-state index in [1.807, 2.05) is 13.8 Å². The Kier molecular flexibility index (Phi) is 2.13. The lowest BCUT2D eigenvalue weighted by atomic mass is 10.2. The van der Waals surface area contributed by atoms with Gasteiger partial charge in [-0.15, -0.1) is 0 Å². The zero-order chi connectivity index (χ0) is 6.85. The Morgan fingerprint density at radius 3 is 2.67 bits per heavy atom. The van der Waals surface area contributed by atoms with Crippen LogP contribution in [0.2, 0.25) is 0 Å². The molecular formula is C4H8N2OS2. The molecule has 0 aromatic rings. The summed E-state index contributed by atoms with van der Waals surface area (Å²) >= 11 is 0. The highest BCUT2D eigenvalue weighted by atomic mass is 33.1. The summed E-state index contributed by atoms with van der Waals surface area (Å²) in [6.45, 7) is 4.05. The fourth-order valence-electron chi connectivity index (χ4n) is 0.422. The minimum atomic E-state index is -1.01. The molecule has 0 fully saturated rings. The molecule has 0 saturated carbocycles. The van der Waals surface area contributed by atoms with Gasteiger partial charge in [-0.2, -0.15) is 5.10 Å². The van der Waals surface area contributed by atoms with Crippen LogP contribution >= 0.6 is 10.8 Å². The van der Waals surface area contributed by atoms with Gasteiger partial charge in [-0.1, -0.05) is 13.8 Å². The van der Waals surface area contributed by atoms with E-state index in [2.05, 4.69) is 9.93 Å². The molecule has 9 heavy (non-hydrogen) atoms. The summed E-state index contributed by atoms with van der Waals surface area (Å²) in [5.74, 6) is 0.383. The lowest BCUT2D eigenvalue weighted by Gasteiger charge is -1.96. The van der Waals surface area contributed by atoms with Crippen molar-refractivity contribution in [2.24, 2.45) is 11.0 Å². The molecular weight excluding hydrogens is 156 g/mol. The van der Waals surface area contributed by atoms with E-state index in [0.717, 1.165) is 5.04 Å². The highest BCUT2D eigenvalue weighted by Crippen LogP contribution is 2.19. The van der Waals surface area contributed by atoms with Gasteiger partial charge in [0, 0.05) is 16.7 Å². The number of hydrogen-bond donors (Lipinski definition) is 1. The van der Waals surface area contributed by atoms with E-state index in [1.165, 1.54) is 10.8 Å².